The van der Waals surface area contributed by atoms with Crippen LogP contribution in [0.5, 0.6) is 0 Å². The number of allylic oxidation sites excluding steroid dienone is 2. The summed E-state index contributed by atoms with van der Waals surface area (Å²) < 4.78 is 63.6. The molecule has 1 saturated carbocycles. The zero-order valence-corrected chi connectivity index (χ0v) is 16.5. The van der Waals surface area contributed by atoms with Crippen LogP contribution in [0.25, 0.3) is 5.57 Å². The van der Waals surface area contributed by atoms with Crippen LogP contribution in [0.15, 0.2) is 30.3 Å². The van der Waals surface area contributed by atoms with Crippen molar-refractivity contribution in [2.45, 2.75) is 44.3 Å². The van der Waals surface area contributed by atoms with Crippen LogP contribution < -0.4 is 0 Å². The van der Waals surface area contributed by atoms with Crippen LogP contribution in [-0.2, 0) is 4.74 Å². The topological polar surface area (TPSA) is 32.8 Å². The molecule has 6 heteroatoms. The normalized spacial score (nSPS) is 28.4. The van der Waals surface area contributed by atoms with Crippen molar-refractivity contribution >= 4 is 5.57 Å². The summed E-state index contributed by atoms with van der Waals surface area (Å²) in [7, 11) is 0. The van der Waals surface area contributed by atoms with Crippen molar-refractivity contribution in [1.82, 2.24) is 0 Å². The zero-order chi connectivity index (χ0) is 21.2. The summed E-state index contributed by atoms with van der Waals surface area (Å²) in [4.78, 5) is 0. The van der Waals surface area contributed by atoms with Gasteiger partial charge in [0.1, 0.15) is 6.10 Å². The molecule has 5 unspecified atom stereocenters. The van der Waals surface area contributed by atoms with Crippen molar-refractivity contribution < 1.29 is 27.4 Å². The highest BCUT2D eigenvalue weighted by Gasteiger charge is 2.44. The molecule has 3 aliphatic rings. The standard InChI is InChI=1S/C24H22F4O2/c1-11(29)12-2-7-17(22(26)21(12)25)15-5-3-14-13(15)4-6-16(14)18-8-9-19(20-10-30-20)24(28)23(18)27/h2,6-9,11,13-15,20,29H,3-5,10H2,1H3. The molecule has 0 bridgehead atoms. The highest BCUT2D eigenvalue weighted by atomic mass is 19.2. The summed E-state index contributed by atoms with van der Waals surface area (Å²) in [5.41, 5.74) is 1.48. The Hall–Kier alpha value is -2.18. The second kappa shape index (κ2) is 7.20. The van der Waals surface area contributed by atoms with Gasteiger partial charge in [-0.05, 0) is 55.1 Å². The Morgan fingerprint density at radius 3 is 2.27 bits per heavy atom. The lowest BCUT2D eigenvalue weighted by atomic mass is 9.83. The first-order chi connectivity index (χ1) is 14.4. The maximum Gasteiger partial charge on any atom is 0.166 e. The molecule has 5 atom stereocenters. The molecule has 0 amide bonds. The number of epoxide rings is 1. The molecule has 2 nitrogen and oxygen atoms in total. The molecule has 1 saturated heterocycles. The van der Waals surface area contributed by atoms with E-state index < -0.39 is 29.4 Å². The number of ether oxygens (including phenoxy) is 1. The predicted octanol–water partition coefficient (Wildman–Crippen LogP) is 5.96. The third-order valence-electron chi connectivity index (χ3n) is 6.93. The number of benzene rings is 2. The first kappa shape index (κ1) is 19.8. The molecule has 1 heterocycles. The Morgan fingerprint density at radius 1 is 0.900 bits per heavy atom. The van der Waals surface area contributed by atoms with E-state index in [4.69, 9.17) is 4.74 Å². The smallest absolute Gasteiger partial charge is 0.166 e. The van der Waals surface area contributed by atoms with Gasteiger partial charge in [-0.2, -0.15) is 0 Å². The molecule has 2 aromatic carbocycles. The van der Waals surface area contributed by atoms with Crippen LogP contribution in [0, 0.1) is 35.1 Å². The van der Waals surface area contributed by atoms with Gasteiger partial charge in [0, 0.05) is 16.7 Å². The largest absolute Gasteiger partial charge is 0.389 e. The van der Waals surface area contributed by atoms with E-state index in [-0.39, 0.29) is 40.5 Å². The molecule has 1 aliphatic heterocycles. The minimum absolute atomic E-state index is 0.0141. The highest BCUT2D eigenvalue weighted by Crippen LogP contribution is 2.55. The van der Waals surface area contributed by atoms with E-state index in [1.165, 1.54) is 13.0 Å². The quantitative estimate of drug-likeness (QED) is 0.491. The van der Waals surface area contributed by atoms with Crippen molar-refractivity contribution in [3.63, 3.8) is 0 Å². The van der Waals surface area contributed by atoms with Gasteiger partial charge >= 0.3 is 0 Å². The average Bonchev–Trinajstić information content (AvgIpc) is 3.34. The lowest BCUT2D eigenvalue weighted by Crippen LogP contribution is -2.13. The zero-order valence-electron chi connectivity index (χ0n) is 16.5. The van der Waals surface area contributed by atoms with E-state index in [0.29, 0.717) is 31.4 Å². The van der Waals surface area contributed by atoms with Crippen molar-refractivity contribution in [3.05, 3.63) is 75.9 Å². The van der Waals surface area contributed by atoms with E-state index in [1.54, 1.807) is 18.2 Å². The minimum atomic E-state index is -1.09. The first-order valence-electron chi connectivity index (χ1n) is 10.3. The highest BCUT2D eigenvalue weighted by molar-refractivity contribution is 5.71. The third-order valence-corrected chi connectivity index (χ3v) is 6.93. The third kappa shape index (κ3) is 3.00. The number of hydrogen-bond donors (Lipinski definition) is 1. The molecule has 2 aromatic rings. The van der Waals surface area contributed by atoms with Crippen LogP contribution in [0.1, 0.15) is 66.6 Å². The summed E-state index contributed by atoms with van der Waals surface area (Å²) in [6.45, 7) is 1.80. The molecule has 158 valence electrons. The molecule has 0 spiro atoms. The van der Waals surface area contributed by atoms with Gasteiger partial charge in [-0.1, -0.05) is 30.3 Å². The first-order valence-corrected chi connectivity index (χ1v) is 10.3. The van der Waals surface area contributed by atoms with Crippen LogP contribution >= 0.6 is 0 Å². The van der Waals surface area contributed by atoms with Crippen molar-refractivity contribution in [2.75, 3.05) is 6.61 Å². The number of fused-ring (bicyclic) bond motifs is 1. The maximum atomic E-state index is 14.8. The van der Waals surface area contributed by atoms with Crippen LogP contribution in [0.3, 0.4) is 0 Å². The van der Waals surface area contributed by atoms with Gasteiger partial charge in [-0.3, -0.25) is 0 Å². The van der Waals surface area contributed by atoms with Crippen molar-refractivity contribution in [2.24, 2.45) is 11.8 Å². The van der Waals surface area contributed by atoms with Crippen LogP contribution in [0.4, 0.5) is 17.6 Å². The van der Waals surface area contributed by atoms with Gasteiger partial charge in [0.15, 0.2) is 23.3 Å². The molecule has 0 radical (unpaired) electrons. The van der Waals surface area contributed by atoms with Gasteiger partial charge < -0.3 is 9.84 Å². The predicted molar refractivity (Wildman–Crippen MR) is 104 cm³/mol. The molecule has 0 aromatic heterocycles. The van der Waals surface area contributed by atoms with E-state index in [9.17, 15) is 22.7 Å². The van der Waals surface area contributed by atoms with Crippen LogP contribution in [0.2, 0.25) is 0 Å². The second-order valence-electron chi connectivity index (χ2n) is 8.55. The molecule has 30 heavy (non-hydrogen) atoms. The summed E-state index contributed by atoms with van der Waals surface area (Å²) in [5, 5.41) is 9.61. The Labute approximate surface area is 172 Å². The lowest BCUT2D eigenvalue weighted by Gasteiger charge is -2.22. The fourth-order valence-corrected chi connectivity index (χ4v) is 5.34. The second-order valence-corrected chi connectivity index (χ2v) is 8.55. The number of halogens is 4. The Balaban J connectivity index is 1.43. The van der Waals surface area contributed by atoms with Crippen LogP contribution in [-0.4, -0.2) is 11.7 Å². The van der Waals surface area contributed by atoms with E-state index in [1.807, 2.05) is 6.08 Å². The SMILES string of the molecule is CC(O)c1ccc(C2CCC3C(c4ccc(C5CO5)c(F)c4F)=CCC32)c(F)c1F. The Kier molecular flexibility index (Phi) is 4.75. The molecule has 1 N–H and O–H groups in total. The van der Waals surface area contributed by atoms with E-state index in [2.05, 4.69) is 0 Å². The Morgan fingerprint density at radius 2 is 1.57 bits per heavy atom. The number of hydrogen-bond acceptors (Lipinski definition) is 2. The van der Waals surface area contributed by atoms with Gasteiger partial charge in [-0.15, -0.1) is 0 Å². The number of aliphatic hydroxyl groups excluding tert-OH is 1. The number of aliphatic hydroxyl groups is 1. The molecule has 5 rings (SSSR count). The Bertz CT molecular complexity index is 1040. The lowest BCUT2D eigenvalue weighted by molar-refractivity contribution is 0.192. The van der Waals surface area contributed by atoms with Gasteiger partial charge in [0.25, 0.3) is 0 Å². The summed E-state index contributed by atoms with van der Waals surface area (Å²) in [6.07, 6.45) is 2.41. The molecular weight excluding hydrogens is 396 g/mol. The maximum absolute atomic E-state index is 14.8. The molecule has 2 aliphatic carbocycles. The van der Waals surface area contributed by atoms with Crippen molar-refractivity contribution in [3.8, 4) is 0 Å². The number of rotatable bonds is 4. The summed E-state index contributed by atoms with van der Waals surface area (Å²) in [6, 6.07) is 6.17. The van der Waals surface area contributed by atoms with Gasteiger partial charge in [0.05, 0.1) is 12.7 Å². The molecule has 2 fully saturated rings. The summed E-state index contributed by atoms with van der Waals surface area (Å²) in [5.74, 6) is -3.87. The minimum Gasteiger partial charge on any atom is -0.389 e. The fraction of sp³-hybridized carbons (Fsp3) is 0.417. The van der Waals surface area contributed by atoms with Gasteiger partial charge in [0.2, 0.25) is 0 Å². The van der Waals surface area contributed by atoms with Crippen molar-refractivity contribution in [1.29, 1.82) is 0 Å². The summed E-state index contributed by atoms with van der Waals surface area (Å²) >= 11 is 0. The average molecular weight is 418 g/mol. The van der Waals surface area contributed by atoms with E-state index in [0.717, 1.165) is 5.57 Å². The fourth-order valence-electron chi connectivity index (χ4n) is 5.34. The van der Waals surface area contributed by atoms with E-state index >= 15 is 0 Å². The van der Waals surface area contributed by atoms with Gasteiger partial charge in [-0.25, -0.2) is 17.6 Å². The monoisotopic (exact) mass is 418 g/mol. The molecular formula is C24H22F4O2.